The molecule has 0 aromatic heterocycles. The van der Waals surface area contributed by atoms with Gasteiger partial charge in [0.1, 0.15) is 5.82 Å². The summed E-state index contributed by atoms with van der Waals surface area (Å²) in [5.74, 6) is 0.529. The van der Waals surface area contributed by atoms with Gasteiger partial charge >= 0.3 is 0 Å². The average molecular weight is 299 g/mol. The maximum absolute atomic E-state index is 13.5. The van der Waals surface area contributed by atoms with Crippen LogP contribution < -0.4 is 5.73 Å². The lowest BCUT2D eigenvalue weighted by Gasteiger charge is -2.30. The van der Waals surface area contributed by atoms with Gasteiger partial charge in [0, 0.05) is 17.6 Å². The van der Waals surface area contributed by atoms with Crippen LogP contribution in [0.4, 0.5) is 4.39 Å². The number of likely N-dealkylation sites (tertiary alicyclic amines) is 1. The van der Waals surface area contributed by atoms with Crippen molar-refractivity contribution in [3.63, 3.8) is 0 Å². The first-order valence-electron chi connectivity index (χ1n) is 7.54. The molecule has 2 unspecified atom stereocenters. The Labute approximate surface area is 126 Å². The number of hydrogen-bond acceptors (Lipinski definition) is 2. The van der Waals surface area contributed by atoms with Crippen LogP contribution in [0.5, 0.6) is 0 Å². The molecule has 4 heteroatoms. The fraction of sp³-hybridized carbons (Fsp3) is 0.625. The third-order valence-electron chi connectivity index (χ3n) is 4.39. The van der Waals surface area contributed by atoms with E-state index >= 15 is 0 Å². The molecule has 1 saturated heterocycles. The van der Waals surface area contributed by atoms with Gasteiger partial charge in [-0.2, -0.15) is 0 Å². The summed E-state index contributed by atoms with van der Waals surface area (Å²) >= 11 is 5.97. The molecular formula is C16H24ClFN2. The Balaban J connectivity index is 2.14. The molecule has 2 nitrogen and oxygen atoms in total. The van der Waals surface area contributed by atoms with Crippen molar-refractivity contribution in [3.8, 4) is 0 Å². The molecule has 0 radical (unpaired) electrons. The first kappa shape index (κ1) is 15.7. The van der Waals surface area contributed by atoms with E-state index < -0.39 is 0 Å². The van der Waals surface area contributed by atoms with Crippen molar-refractivity contribution in [1.82, 2.24) is 4.90 Å². The number of nitrogens with zero attached hydrogens (tertiary/aromatic N) is 1. The minimum atomic E-state index is -0.285. The minimum absolute atomic E-state index is 0.0683. The number of benzene rings is 1. The van der Waals surface area contributed by atoms with Gasteiger partial charge in [0.05, 0.1) is 0 Å². The molecule has 1 fully saturated rings. The molecule has 0 spiro atoms. The number of rotatable bonds is 4. The van der Waals surface area contributed by atoms with Crippen molar-refractivity contribution in [2.75, 3.05) is 19.6 Å². The SMILES string of the molecule is CCC1CCCN(C(CN)c2cc(F)cc(Cl)c2)CC1. The number of nitrogens with two attached hydrogens (primary N) is 1. The summed E-state index contributed by atoms with van der Waals surface area (Å²) in [5.41, 5.74) is 6.84. The van der Waals surface area contributed by atoms with E-state index in [9.17, 15) is 4.39 Å². The largest absolute Gasteiger partial charge is 0.329 e. The standard InChI is InChI=1S/C16H24ClFN2/c1-2-12-4-3-6-20(7-5-12)16(11-19)13-8-14(17)10-15(18)9-13/h8-10,12,16H,2-7,11,19H2,1H3. The van der Waals surface area contributed by atoms with Crippen molar-refractivity contribution in [1.29, 1.82) is 0 Å². The van der Waals surface area contributed by atoms with Crippen LogP contribution in [-0.2, 0) is 0 Å². The molecule has 1 aliphatic heterocycles. The molecule has 0 aliphatic carbocycles. The van der Waals surface area contributed by atoms with Crippen LogP contribution in [-0.4, -0.2) is 24.5 Å². The summed E-state index contributed by atoms with van der Waals surface area (Å²) in [5, 5.41) is 0.444. The van der Waals surface area contributed by atoms with Crippen LogP contribution in [0.3, 0.4) is 0 Å². The van der Waals surface area contributed by atoms with E-state index in [1.807, 2.05) is 6.07 Å². The monoisotopic (exact) mass is 298 g/mol. The van der Waals surface area contributed by atoms with Crippen molar-refractivity contribution in [2.45, 2.75) is 38.6 Å². The van der Waals surface area contributed by atoms with Gasteiger partial charge in [0.2, 0.25) is 0 Å². The van der Waals surface area contributed by atoms with Gasteiger partial charge in [-0.05, 0) is 62.0 Å². The first-order chi connectivity index (χ1) is 9.63. The quantitative estimate of drug-likeness (QED) is 0.910. The van der Waals surface area contributed by atoms with Crippen LogP contribution in [0.15, 0.2) is 18.2 Å². The highest BCUT2D eigenvalue weighted by Gasteiger charge is 2.23. The van der Waals surface area contributed by atoms with Gasteiger partial charge < -0.3 is 5.73 Å². The Hall–Kier alpha value is -0.640. The zero-order valence-electron chi connectivity index (χ0n) is 12.1. The highest BCUT2D eigenvalue weighted by molar-refractivity contribution is 6.30. The number of hydrogen-bond donors (Lipinski definition) is 1. The van der Waals surface area contributed by atoms with E-state index in [-0.39, 0.29) is 11.9 Å². The summed E-state index contributed by atoms with van der Waals surface area (Å²) in [6.45, 7) is 4.82. The van der Waals surface area contributed by atoms with Crippen molar-refractivity contribution >= 4 is 11.6 Å². The second kappa shape index (κ2) is 7.39. The molecule has 20 heavy (non-hydrogen) atoms. The van der Waals surface area contributed by atoms with Gasteiger partial charge in [-0.1, -0.05) is 24.9 Å². The molecule has 1 aliphatic rings. The van der Waals surface area contributed by atoms with Crippen LogP contribution in [0.2, 0.25) is 5.02 Å². The Kier molecular flexibility index (Phi) is 5.82. The van der Waals surface area contributed by atoms with Crippen LogP contribution in [0.1, 0.15) is 44.2 Å². The molecule has 1 heterocycles. The molecule has 0 bridgehead atoms. The van der Waals surface area contributed by atoms with E-state index in [0.717, 1.165) is 24.6 Å². The van der Waals surface area contributed by atoms with Crippen LogP contribution >= 0.6 is 11.6 Å². The van der Waals surface area contributed by atoms with E-state index in [1.165, 1.54) is 31.7 Å². The van der Waals surface area contributed by atoms with Crippen LogP contribution in [0, 0.1) is 11.7 Å². The first-order valence-corrected chi connectivity index (χ1v) is 7.92. The fourth-order valence-corrected chi connectivity index (χ4v) is 3.40. The molecule has 0 saturated carbocycles. The van der Waals surface area contributed by atoms with Crippen molar-refractivity contribution in [2.24, 2.45) is 11.7 Å². The van der Waals surface area contributed by atoms with Gasteiger partial charge in [0.15, 0.2) is 0 Å². The average Bonchev–Trinajstić information content (AvgIpc) is 2.64. The zero-order chi connectivity index (χ0) is 14.5. The molecule has 0 amide bonds. The predicted molar refractivity (Wildman–Crippen MR) is 82.4 cm³/mol. The summed E-state index contributed by atoms with van der Waals surface area (Å²) in [6, 6.07) is 4.81. The molecule has 1 aromatic carbocycles. The van der Waals surface area contributed by atoms with Gasteiger partial charge in [-0.3, -0.25) is 4.90 Å². The van der Waals surface area contributed by atoms with E-state index in [2.05, 4.69) is 11.8 Å². The Morgan fingerprint density at radius 2 is 2.15 bits per heavy atom. The van der Waals surface area contributed by atoms with E-state index in [1.54, 1.807) is 6.07 Å². The fourth-order valence-electron chi connectivity index (χ4n) is 3.17. The maximum atomic E-state index is 13.5. The second-order valence-electron chi connectivity index (χ2n) is 5.70. The number of halogens is 2. The smallest absolute Gasteiger partial charge is 0.125 e. The molecule has 2 N–H and O–H groups in total. The van der Waals surface area contributed by atoms with E-state index in [0.29, 0.717) is 11.6 Å². The topological polar surface area (TPSA) is 29.3 Å². The summed E-state index contributed by atoms with van der Waals surface area (Å²) in [4.78, 5) is 2.39. The lowest BCUT2D eigenvalue weighted by atomic mass is 9.98. The van der Waals surface area contributed by atoms with Gasteiger partial charge in [0.25, 0.3) is 0 Å². The van der Waals surface area contributed by atoms with Gasteiger partial charge in [-0.25, -0.2) is 4.39 Å². The summed E-state index contributed by atoms with van der Waals surface area (Å²) in [6.07, 6.45) is 4.93. The maximum Gasteiger partial charge on any atom is 0.125 e. The molecular weight excluding hydrogens is 275 g/mol. The molecule has 1 aromatic rings. The summed E-state index contributed by atoms with van der Waals surface area (Å²) < 4.78 is 13.5. The van der Waals surface area contributed by atoms with Crippen LogP contribution in [0.25, 0.3) is 0 Å². The highest BCUT2D eigenvalue weighted by Crippen LogP contribution is 2.28. The molecule has 2 atom stereocenters. The Morgan fingerprint density at radius 1 is 1.35 bits per heavy atom. The summed E-state index contributed by atoms with van der Waals surface area (Å²) in [7, 11) is 0. The van der Waals surface area contributed by atoms with Gasteiger partial charge in [-0.15, -0.1) is 0 Å². The Bertz CT molecular complexity index is 418. The van der Waals surface area contributed by atoms with Crippen molar-refractivity contribution in [3.05, 3.63) is 34.6 Å². The van der Waals surface area contributed by atoms with Crippen molar-refractivity contribution < 1.29 is 4.39 Å². The zero-order valence-corrected chi connectivity index (χ0v) is 12.9. The normalized spacial score (nSPS) is 22.5. The minimum Gasteiger partial charge on any atom is -0.329 e. The lowest BCUT2D eigenvalue weighted by Crippen LogP contribution is -2.34. The highest BCUT2D eigenvalue weighted by atomic mass is 35.5. The second-order valence-corrected chi connectivity index (χ2v) is 6.13. The third kappa shape index (κ3) is 3.94. The lowest BCUT2D eigenvalue weighted by molar-refractivity contribution is 0.206. The molecule has 112 valence electrons. The molecule has 2 rings (SSSR count). The van der Waals surface area contributed by atoms with E-state index in [4.69, 9.17) is 17.3 Å². The third-order valence-corrected chi connectivity index (χ3v) is 4.61. The Morgan fingerprint density at radius 3 is 2.80 bits per heavy atom. The predicted octanol–water partition coefficient (Wildman–Crippen LogP) is 3.99.